The van der Waals surface area contributed by atoms with Gasteiger partial charge in [0.15, 0.2) is 0 Å². The summed E-state index contributed by atoms with van der Waals surface area (Å²) in [5, 5.41) is 12.0. The van der Waals surface area contributed by atoms with Crippen molar-refractivity contribution < 1.29 is 32.6 Å². The molecule has 1 fully saturated rings. The molecule has 0 radical (unpaired) electrons. The second-order valence-electron chi connectivity index (χ2n) is 8.04. The number of carboxylic acid groups (broad SMARTS) is 1. The van der Waals surface area contributed by atoms with Crippen molar-refractivity contribution in [1.29, 1.82) is 0 Å². The molecule has 1 aromatic carbocycles. The van der Waals surface area contributed by atoms with Crippen LogP contribution in [0, 0.1) is 0 Å². The number of aliphatic carboxylic acids is 1. The van der Waals surface area contributed by atoms with Crippen LogP contribution >= 0.6 is 0 Å². The van der Waals surface area contributed by atoms with Gasteiger partial charge in [-0.2, -0.15) is 0 Å². The zero-order chi connectivity index (χ0) is 22.5. The average Bonchev–Trinajstić information content (AvgIpc) is 3.02. The lowest BCUT2D eigenvalue weighted by Gasteiger charge is -2.22. The van der Waals surface area contributed by atoms with E-state index in [1.54, 1.807) is 51.1 Å². The van der Waals surface area contributed by atoms with Gasteiger partial charge in [0, 0.05) is 13.0 Å². The lowest BCUT2D eigenvalue weighted by atomic mass is 10.1. The maximum absolute atomic E-state index is 12.5. The number of sulfonamides is 1. The molecule has 0 aliphatic carbocycles. The van der Waals surface area contributed by atoms with Gasteiger partial charge in [-0.25, -0.2) is 22.7 Å². The first-order valence-electron chi connectivity index (χ1n) is 9.39. The van der Waals surface area contributed by atoms with Crippen molar-refractivity contribution in [3.63, 3.8) is 0 Å². The molecular formula is C19H27N3O7S. The number of alkyl carbamates (subject to hydrolysis) is 1. The van der Waals surface area contributed by atoms with Crippen LogP contribution in [0.1, 0.15) is 32.8 Å². The number of hydrogen-bond acceptors (Lipinski definition) is 6. The van der Waals surface area contributed by atoms with Gasteiger partial charge in [-0.15, -0.1) is 0 Å². The number of carbonyl (C=O) groups excluding carboxylic acids is 2. The topological polar surface area (TPSA) is 142 Å². The Balaban J connectivity index is 1.96. The van der Waals surface area contributed by atoms with Crippen molar-refractivity contribution in [2.75, 3.05) is 13.1 Å². The van der Waals surface area contributed by atoms with E-state index in [0.29, 0.717) is 5.56 Å². The molecule has 10 nitrogen and oxygen atoms in total. The van der Waals surface area contributed by atoms with Gasteiger partial charge in [0.05, 0.1) is 18.3 Å². The second-order valence-corrected chi connectivity index (χ2v) is 9.85. The molecule has 2 atom stereocenters. The van der Waals surface area contributed by atoms with Crippen LogP contribution < -0.4 is 10.0 Å². The number of rotatable bonds is 7. The monoisotopic (exact) mass is 441 g/mol. The number of carboxylic acids is 1. The summed E-state index contributed by atoms with van der Waals surface area (Å²) in [5.41, 5.74) is -0.162. The van der Waals surface area contributed by atoms with Crippen molar-refractivity contribution in [2.24, 2.45) is 0 Å². The molecule has 0 aromatic heterocycles. The Labute approximate surface area is 175 Å². The molecule has 3 N–H and O–H groups in total. The fraction of sp³-hybridized carbons (Fsp3) is 0.526. The zero-order valence-corrected chi connectivity index (χ0v) is 17.9. The van der Waals surface area contributed by atoms with E-state index in [1.165, 1.54) is 0 Å². The van der Waals surface area contributed by atoms with Crippen molar-refractivity contribution in [3.8, 4) is 0 Å². The third-order valence-corrected chi connectivity index (χ3v) is 5.57. The van der Waals surface area contributed by atoms with Gasteiger partial charge < -0.3 is 20.1 Å². The molecule has 1 aromatic rings. The first kappa shape index (κ1) is 23.6. The molecule has 0 saturated carbocycles. The molecule has 0 unspecified atom stereocenters. The summed E-state index contributed by atoms with van der Waals surface area (Å²) in [6, 6.07) is 6.67. The maximum Gasteiger partial charge on any atom is 0.407 e. The van der Waals surface area contributed by atoms with Gasteiger partial charge in [-0.05, 0) is 26.3 Å². The molecular weight excluding hydrogens is 414 g/mol. The van der Waals surface area contributed by atoms with E-state index in [1.807, 2.05) is 0 Å². The highest BCUT2D eigenvalue weighted by Crippen LogP contribution is 2.19. The Hall–Kier alpha value is -2.66. The van der Waals surface area contributed by atoms with E-state index in [2.05, 4.69) is 10.0 Å². The molecule has 1 heterocycles. The maximum atomic E-state index is 12.5. The van der Waals surface area contributed by atoms with Crippen LogP contribution in [0.2, 0.25) is 0 Å². The number of nitrogens with one attached hydrogen (secondary N) is 2. The van der Waals surface area contributed by atoms with Crippen LogP contribution in [-0.4, -0.2) is 67.2 Å². The van der Waals surface area contributed by atoms with Crippen LogP contribution in [0.15, 0.2) is 30.3 Å². The molecule has 1 aliphatic heterocycles. The minimum Gasteiger partial charge on any atom is -0.480 e. The van der Waals surface area contributed by atoms with Gasteiger partial charge in [-0.3, -0.25) is 4.79 Å². The van der Waals surface area contributed by atoms with Crippen LogP contribution in [0.5, 0.6) is 0 Å². The molecule has 11 heteroatoms. The van der Waals surface area contributed by atoms with E-state index in [-0.39, 0.29) is 18.7 Å². The van der Waals surface area contributed by atoms with Crippen molar-refractivity contribution in [2.45, 2.75) is 50.6 Å². The van der Waals surface area contributed by atoms with E-state index in [9.17, 15) is 27.9 Å². The summed E-state index contributed by atoms with van der Waals surface area (Å²) in [4.78, 5) is 37.0. The van der Waals surface area contributed by atoms with Gasteiger partial charge in [-0.1, -0.05) is 30.3 Å². The Morgan fingerprint density at radius 2 is 1.83 bits per heavy atom. The van der Waals surface area contributed by atoms with Gasteiger partial charge in [0.25, 0.3) is 0 Å². The summed E-state index contributed by atoms with van der Waals surface area (Å²) >= 11 is 0. The van der Waals surface area contributed by atoms with Crippen LogP contribution in [0.4, 0.5) is 4.79 Å². The minimum absolute atomic E-state index is 0.00290. The Morgan fingerprint density at radius 1 is 1.20 bits per heavy atom. The Kier molecular flexibility index (Phi) is 7.43. The van der Waals surface area contributed by atoms with Gasteiger partial charge >= 0.3 is 12.1 Å². The van der Waals surface area contributed by atoms with Crippen LogP contribution in [0.25, 0.3) is 0 Å². The number of hydrogen-bond donors (Lipinski definition) is 3. The first-order valence-corrected chi connectivity index (χ1v) is 11.0. The first-order chi connectivity index (χ1) is 13.9. The number of ether oxygens (including phenoxy) is 1. The summed E-state index contributed by atoms with van der Waals surface area (Å²) in [5.74, 6) is -2.22. The molecule has 0 bridgehead atoms. The number of carbonyl (C=O) groups is 3. The predicted octanol–water partition coefficient (Wildman–Crippen LogP) is 0.685. The number of benzene rings is 1. The van der Waals surface area contributed by atoms with Crippen molar-refractivity contribution in [3.05, 3.63) is 35.9 Å². The van der Waals surface area contributed by atoms with E-state index in [0.717, 1.165) is 4.90 Å². The molecule has 1 saturated heterocycles. The lowest BCUT2D eigenvalue weighted by molar-refractivity contribution is -0.147. The van der Waals surface area contributed by atoms with Gasteiger partial charge in [0.2, 0.25) is 15.9 Å². The van der Waals surface area contributed by atoms with E-state index < -0.39 is 52.2 Å². The highest BCUT2D eigenvalue weighted by Gasteiger charge is 2.40. The smallest absolute Gasteiger partial charge is 0.407 e. The second kappa shape index (κ2) is 9.43. The average molecular weight is 442 g/mol. The molecule has 30 heavy (non-hydrogen) atoms. The highest BCUT2D eigenvalue weighted by molar-refractivity contribution is 7.88. The Morgan fingerprint density at radius 3 is 2.40 bits per heavy atom. The fourth-order valence-corrected chi connectivity index (χ4v) is 4.12. The summed E-state index contributed by atoms with van der Waals surface area (Å²) < 4.78 is 31.8. The number of nitrogens with zero attached hydrogens (tertiary/aromatic N) is 1. The molecule has 166 valence electrons. The zero-order valence-electron chi connectivity index (χ0n) is 17.1. The van der Waals surface area contributed by atoms with Crippen LogP contribution in [0.3, 0.4) is 0 Å². The lowest BCUT2D eigenvalue weighted by Crippen LogP contribution is -2.46. The summed E-state index contributed by atoms with van der Waals surface area (Å²) in [6.45, 7) is 4.45. The third-order valence-electron chi connectivity index (χ3n) is 4.27. The van der Waals surface area contributed by atoms with E-state index >= 15 is 0 Å². The predicted molar refractivity (Wildman–Crippen MR) is 108 cm³/mol. The largest absolute Gasteiger partial charge is 0.480 e. The quantitative estimate of drug-likeness (QED) is 0.565. The fourth-order valence-electron chi connectivity index (χ4n) is 3.04. The summed E-state index contributed by atoms with van der Waals surface area (Å²) in [7, 11) is -3.78. The van der Waals surface area contributed by atoms with Crippen LogP contribution in [-0.2, 0) is 30.1 Å². The summed E-state index contributed by atoms with van der Waals surface area (Å²) in [6.07, 6.45) is -0.716. The molecule has 1 aliphatic rings. The molecule has 2 rings (SSSR count). The number of likely N-dealkylation sites (tertiary alicyclic amines) is 1. The SMILES string of the molecule is CC(C)(C)OC(=O)N[C@@H]1C[C@@H](C(=O)O)N(C(=O)CNS(=O)(=O)Cc2ccccc2)C1. The molecule has 2 amide bonds. The van der Waals surface area contributed by atoms with Crippen molar-refractivity contribution in [1.82, 2.24) is 14.9 Å². The molecule has 0 spiro atoms. The number of amides is 2. The van der Waals surface area contributed by atoms with E-state index in [4.69, 9.17) is 4.74 Å². The van der Waals surface area contributed by atoms with Gasteiger partial charge in [0.1, 0.15) is 11.6 Å². The third kappa shape index (κ3) is 7.30. The standard InChI is InChI=1S/C19H27N3O7S/c1-19(2,3)29-18(26)21-14-9-15(17(24)25)22(11-14)16(23)10-20-30(27,28)12-13-7-5-4-6-8-13/h4-8,14-15,20H,9-12H2,1-3H3,(H,21,26)(H,24,25)/t14-,15+/m1/s1. The van der Waals surface area contributed by atoms with Crippen molar-refractivity contribution >= 4 is 28.0 Å². The minimum atomic E-state index is -3.78. The normalized spacial score (nSPS) is 19.4. The Bertz CT molecular complexity index is 881. The highest BCUT2D eigenvalue weighted by atomic mass is 32.2.